The number of imidazole rings is 1. The van der Waals surface area contributed by atoms with E-state index in [9.17, 15) is 14.7 Å². The molecule has 0 radical (unpaired) electrons. The third-order valence-corrected chi connectivity index (χ3v) is 3.07. The number of hydrogen-bond acceptors (Lipinski definition) is 4. The maximum Gasteiger partial charge on any atom is 0.326 e. The molecule has 1 amide bonds. The molecule has 1 aromatic heterocycles. The standard InChI is InChI=1S/C12H16N4O3/c1-2-3-13-5-11(17)16-6-9-8(14-7-15-9)4-10(16)12(18)19/h2,7,10,13H,1,3-6H2,(H,14,15)(H,18,19). The molecule has 102 valence electrons. The van der Waals surface area contributed by atoms with Crippen LogP contribution in [0, 0.1) is 0 Å². The number of rotatable bonds is 5. The van der Waals surface area contributed by atoms with Gasteiger partial charge in [-0.2, -0.15) is 0 Å². The number of nitrogens with one attached hydrogen (secondary N) is 2. The fourth-order valence-corrected chi connectivity index (χ4v) is 2.10. The van der Waals surface area contributed by atoms with Crippen LogP contribution in [0.15, 0.2) is 19.0 Å². The summed E-state index contributed by atoms with van der Waals surface area (Å²) in [6.45, 7) is 4.40. The zero-order valence-electron chi connectivity index (χ0n) is 10.4. The summed E-state index contributed by atoms with van der Waals surface area (Å²) in [5.74, 6) is -1.25. The number of carboxylic acids is 1. The molecule has 0 saturated heterocycles. The Balaban J connectivity index is 2.10. The lowest BCUT2D eigenvalue weighted by Gasteiger charge is -2.32. The number of H-pyrrole nitrogens is 1. The first-order valence-corrected chi connectivity index (χ1v) is 5.98. The number of nitrogens with zero attached hydrogens (tertiary/aromatic N) is 2. The summed E-state index contributed by atoms with van der Waals surface area (Å²) in [7, 11) is 0. The van der Waals surface area contributed by atoms with Crippen LogP contribution in [0.25, 0.3) is 0 Å². The summed E-state index contributed by atoms with van der Waals surface area (Å²) >= 11 is 0. The van der Waals surface area contributed by atoms with E-state index >= 15 is 0 Å². The van der Waals surface area contributed by atoms with E-state index in [1.54, 1.807) is 6.08 Å². The first-order valence-electron chi connectivity index (χ1n) is 5.98. The van der Waals surface area contributed by atoms with Crippen molar-refractivity contribution in [3.05, 3.63) is 30.4 Å². The number of carboxylic acid groups (broad SMARTS) is 1. The van der Waals surface area contributed by atoms with Gasteiger partial charge in [-0.25, -0.2) is 9.78 Å². The van der Waals surface area contributed by atoms with Gasteiger partial charge < -0.3 is 20.3 Å². The Bertz CT molecular complexity index is 497. The molecule has 1 aromatic rings. The molecule has 7 heteroatoms. The molecule has 1 aliphatic heterocycles. The highest BCUT2D eigenvalue weighted by atomic mass is 16.4. The van der Waals surface area contributed by atoms with E-state index in [2.05, 4.69) is 21.9 Å². The third kappa shape index (κ3) is 2.82. The highest BCUT2D eigenvalue weighted by molar-refractivity contribution is 5.85. The van der Waals surface area contributed by atoms with Crippen LogP contribution in [0.3, 0.4) is 0 Å². The monoisotopic (exact) mass is 264 g/mol. The minimum atomic E-state index is -1.01. The van der Waals surface area contributed by atoms with E-state index in [1.165, 1.54) is 11.2 Å². The van der Waals surface area contributed by atoms with Crippen molar-refractivity contribution in [3.8, 4) is 0 Å². The van der Waals surface area contributed by atoms with Crippen LogP contribution >= 0.6 is 0 Å². The van der Waals surface area contributed by atoms with Crippen LogP contribution in [0.1, 0.15) is 11.4 Å². The molecule has 0 spiro atoms. The van der Waals surface area contributed by atoms with Gasteiger partial charge in [0.25, 0.3) is 0 Å². The molecule has 0 bridgehead atoms. The molecule has 2 rings (SSSR count). The van der Waals surface area contributed by atoms with Crippen molar-refractivity contribution in [3.63, 3.8) is 0 Å². The number of aromatic nitrogens is 2. The van der Waals surface area contributed by atoms with Gasteiger partial charge in [0.1, 0.15) is 6.04 Å². The number of carbonyl (C=O) groups is 2. The predicted molar refractivity (Wildman–Crippen MR) is 67.3 cm³/mol. The molecular formula is C12H16N4O3. The van der Waals surface area contributed by atoms with Crippen LogP contribution in [0.5, 0.6) is 0 Å². The lowest BCUT2D eigenvalue weighted by Crippen LogP contribution is -2.51. The van der Waals surface area contributed by atoms with E-state index in [0.717, 1.165) is 11.4 Å². The summed E-state index contributed by atoms with van der Waals surface area (Å²) in [5, 5.41) is 12.1. The average Bonchev–Trinajstić information content (AvgIpc) is 2.84. The fourth-order valence-electron chi connectivity index (χ4n) is 2.10. The Hall–Kier alpha value is -2.15. The van der Waals surface area contributed by atoms with Crippen LogP contribution in [0.2, 0.25) is 0 Å². The molecular weight excluding hydrogens is 248 g/mol. The number of aromatic amines is 1. The number of hydrogen-bond donors (Lipinski definition) is 3. The van der Waals surface area contributed by atoms with E-state index < -0.39 is 12.0 Å². The van der Waals surface area contributed by atoms with Gasteiger partial charge in [0.2, 0.25) is 5.91 Å². The third-order valence-electron chi connectivity index (χ3n) is 3.07. The van der Waals surface area contributed by atoms with Gasteiger partial charge in [0.05, 0.1) is 30.8 Å². The Morgan fingerprint density at radius 2 is 2.47 bits per heavy atom. The smallest absolute Gasteiger partial charge is 0.326 e. The number of amides is 1. The highest BCUT2D eigenvalue weighted by Crippen LogP contribution is 2.20. The maximum absolute atomic E-state index is 12.1. The number of fused-ring (bicyclic) bond motifs is 1. The van der Waals surface area contributed by atoms with Gasteiger partial charge in [-0.15, -0.1) is 6.58 Å². The van der Waals surface area contributed by atoms with Crippen molar-refractivity contribution < 1.29 is 14.7 Å². The molecule has 0 saturated carbocycles. The molecule has 1 atom stereocenters. The largest absolute Gasteiger partial charge is 0.480 e. The minimum Gasteiger partial charge on any atom is -0.480 e. The first-order chi connectivity index (χ1) is 9.13. The average molecular weight is 264 g/mol. The van der Waals surface area contributed by atoms with Gasteiger partial charge in [0, 0.05) is 13.0 Å². The number of aliphatic carboxylic acids is 1. The molecule has 0 aliphatic carbocycles. The Morgan fingerprint density at radius 1 is 1.68 bits per heavy atom. The van der Waals surface area contributed by atoms with Gasteiger partial charge in [-0.1, -0.05) is 6.08 Å². The van der Waals surface area contributed by atoms with E-state index in [1.807, 2.05) is 0 Å². The summed E-state index contributed by atoms with van der Waals surface area (Å²) in [5.41, 5.74) is 1.52. The molecule has 19 heavy (non-hydrogen) atoms. The Morgan fingerprint density at radius 3 is 3.16 bits per heavy atom. The normalized spacial score (nSPS) is 17.9. The summed E-state index contributed by atoms with van der Waals surface area (Å²) in [6.07, 6.45) is 3.40. The SMILES string of the molecule is C=CCNCC(=O)N1Cc2[nH]cnc2CC1C(=O)O. The van der Waals surface area contributed by atoms with Crippen molar-refractivity contribution in [1.82, 2.24) is 20.2 Å². The minimum absolute atomic E-state index is 0.0965. The molecule has 3 N–H and O–H groups in total. The lowest BCUT2D eigenvalue weighted by atomic mass is 10.0. The summed E-state index contributed by atoms with van der Waals surface area (Å²) in [4.78, 5) is 31.7. The molecule has 1 unspecified atom stereocenters. The van der Waals surface area contributed by atoms with Crippen molar-refractivity contribution in [1.29, 1.82) is 0 Å². The van der Waals surface area contributed by atoms with Gasteiger partial charge in [0.15, 0.2) is 0 Å². The van der Waals surface area contributed by atoms with Crippen molar-refractivity contribution in [2.75, 3.05) is 13.1 Å². The van der Waals surface area contributed by atoms with Crippen LogP contribution in [0.4, 0.5) is 0 Å². The van der Waals surface area contributed by atoms with Crippen LogP contribution < -0.4 is 5.32 Å². The molecule has 7 nitrogen and oxygen atoms in total. The Labute approximate surface area is 110 Å². The maximum atomic E-state index is 12.1. The van der Waals surface area contributed by atoms with Gasteiger partial charge in [-0.3, -0.25) is 4.79 Å². The fraction of sp³-hybridized carbons (Fsp3) is 0.417. The zero-order chi connectivity index (χ0) is 13.8. The lowest BCUT2D eigenvalue weighted by molar-refractivity contribution is -0.151. The van der Waals surface area contributed by atoms with Crippen molar-refractivity contribution in [2.45, 2.75) is 19.0 Å². The second kappa shape index (κ2) is 5.66. The first kappa shape index (κ1) is 13.3. The second-order valence-corrected chi connectivity index (χ2v) is 4.33. The van der Waals surface area contributed by atoms with Crippen molar-refractivity contribution in [2.24, 2.45) is 0 Å². The van der Waals surface area contributed by atoms with E-state index in [0.29, 0.717) is 6.54 Å². The molecule has 1 aliphatic rings. The Kier molecular flexibility index (Phi) is 3.96. The second-order valence-electron chi connectivity index (χ2n) is 4.33. The molecule has 0 aromatic carbocycles. The quantitative estimate of drug-likeness (QED) is 0.493. The summed E-state index contributed by atoms with van der Waals surface area (Å²) < 4.78 is 0. The molecule has 0 fully saturated rings. The molecule has 2 heterocycles. The van der Waals surface area contributed by atoms with Crippen LogP contribution in [-0.2, 0) is 22.6 Å². The van der Waals surface area contributed by atoms with E-state index in [-0.39, 0.29) is 25.4 Å². The topological polar surface area (TPSA) is 98.3 Å². The highest BCUT2D eigenvalue weighted by Gasteiger charge is 2.35. The van der Waals surface area contributed by atoms with E-state index in [4.69, 9.17) is 0 Å². The number of carbonyl (C=O) groups excluding carboxylic acids is 1. The van der Waals surface area contributed by atoms with Crippen LogP contribution in [-0.4, -0.2) is 51.0 Å². The predicted octanol–water partition coefficient (Wildman–Crippen LogP) is -0.477. The van der Waals surface area contributed by atoms with Gasteiger partial charge >= 0.3 is 5.97 Å². The van der Waals surface area contributed by atoms with Crippen molar-refractivity contribution >= 4 is 11.9 Å². The summed E-state index contributed by atoms with van der Waals surface area (Å²) in [6, 6.07) is -0.853. The van der Waals surface area contributed by atoms with Gasteiger partial charge in [-0.05, 0) is 0 Å². The zero-order valence-corrected chi connectivity index (χ0v) is 10.4.